The molecule has 2 nitrogen and oxygen atoms in total. The number of hydrogen-bond donors (Lipinski definition) is 1. The second kappa shape index (κ2) is 7.14. The minimum atomic E-state index is 0.272. The van der Waals surface area contributed by atoms with Crippen molar-refractivity contribution < 1.29 is 4.79 Å². The molecule has 1 N–H and O–H groups in total. The molecule has 1 amide bonds. The van der Waals surface area contributed by atoms with Gasteiger partial charge in [-0.2, -0.15) is 0 Å². The van der Waals surface area contributed by atoms with E-state index in [1.807, 2.05) is 13.8 Å². The van der Waals surface area contributed by atoms with Crippen molar-refractivity contribution in [2.24, 2.45) is 5.92 Å². The van der Waals surface area contributed by atoms with Crippen LogP contribution in [0.1, 0.15) is 46.5 Å². The number of hydrogen-bond acceptors (Lipinski definition) is 1. The van der Waals surface area contributed by atoms with E-state index in [2.05, 4.69) is 12.2 Å². The zero-order valence-electron chi connectivity index (χ0n) is 8.52. The van der Waals surface area contributed by atoms with Crippen LogP contribution in [0.4, 0.5) is 0 Å². The molecule has 1 rings (SSSR count). The summed E-state index contributed by atoms with van der Waals surface area (Å²) in [6.45, 7) is 7.00. The fourth-order valence-corrected chi connectivity index (χ4v) is 0.878. The Bertz CT molecular complexity index is 119. The molecule has 1 aliphatic carbocycles. The van der Waals surface area contributed by atoms with Gasteiger partial charge >= 0.3 is 0 Å². The molecule has 1 aliphatic rings. The molecular weight excluding hydrogens is 150 g/mol. The summed E-state index contributed by atoms with van der Waals surface area (Å²) in [7, 11) is 0. The van der Waals surface area contributed by atoms with Gasteiger partial charge in [0.2, 0.25) is 5.91 Å². The van der Waals surface area contributed by atoms with Gasteiger partial charge in [0.15, 0.2) is 0 Å². The van der Waals surface area contributed by atoms with Gasteiger partial charge in [0.25, 0.3) is 0 Å². The van der Waals surface area contributed by atoms with Crippen molar-refractivity contribution in [2.75, 3.05) is 6.54 Å². The molecule has 0 aromatic rings. The molecule has 1 saturated carbocycles. The van der Waals surface area contributed by atoms with Crippen molar-refractivity contribution in [3.05, 3.63) is 0 Å². The van der Waals surface area contributed by atoms with Crippen molar-refractivity contribution in [2.45, 2.75) is 46.5 Å². The Kier molecular flexibility index (Phi) is 6.82. The molecule has 0 atom stereocenters. The molecule has 0 aromatic carbocycles. The Hall–Kier alpha value is -0.530. The molecule has 0 heterocycles. The van der Waals surface area contributed by atoms with Gasteiger partial charge < -0.3 is 5.32 Å². The van der Waals surface area contributed by atoms with Gasteiger partial charge in [-0.1, -0.05) is 27.2 Å². The van der Waals surface area contributed by atoms with Crippen LogP contribution in [0.15, 0.2) is 0 Å². The monoisotopic (exact) mass is 171 g/mol. The Labute approximate surface area is 75.7 Å². The van der Waals surface area contributed by atoms with Crippen LogP contribution in [-0.4, -0.2) is 12.5 Å². The summed E-state index contributed by atoms with van der Waals surface area (Å²) >= 11 is 0. The number of nitrogens with one attached hydrogen (secondary N) is 1. The Balaban J connectivity index is 0.000000561. The second-order valence-corrected chi connectivity index (χ2v) is 2.92. The van der Waals surface area contributed by atoms with Crippen LogP contribution in [-0.2, 0) is 4.79 Å². The summed E-state index contributed by atoms with van der Waals surface area (Å²) < 4.78 is 0. The Morgan fingerprint density at radius 2 is 2.00 bits per heavy atom. The first-order valence-corrected chi connectivity index (χ1v) is 5.12. The first kappa shape index (κ1) is 11.5. The summed E-state index contributed by atoms with van der Waals surface area (Å²) in [4.78, 5) is 11.0. The molecule has 72 valence electrons. The third-order valence-electron chi connectivity index (χ3n) is 1.78. The SMILES string of the molecule is CC.CCCCNC(=O)C1CC1. The minimum absolute atomic E-state index is 0.272. The second-order valence-electron chi connectivity index (χ2n) is 2.92. The summed E-state index contributed by atoms with van der Waals surface area (Å²) in [5, 5.41) is 2.91. The molecule has 0 unspecified atom stereocenters. The van der Waals surface area contributed by atoms with Crippen molar-refractivity contribution in [1.29, 1.82) is 0 Å². The van der Waals surface area contributed by atoms with Crippen LogP contribution in [0.25, 0.3) is 0 Å². The Morgan fingerprint density at radius 1 is 1.42 bits per heavy atom. The minimum Gasteiger partial charge on any atom is -0.356 e. The number of carbonyl (C=O) groups is 1. The molecular formula is C10H21NO. The Morgan fingerprint density at radius 3 is 2.42 bits per heavy atom. The lowest BCUT2D eigenvalue weighted by Crippen LogP contribution is -2.25. The molecule has 0 aliphatic heterocycles. The van der Waals surface area contributed by atoms with Crippen LogP contribution in [0.5, 0.6) is 0 Å². The number of unbranched alkanes of at least 4 members (excludes halogenated alkanes) is 1. The van der Waals surface area contributed by atoms with Crippen molar-refractivity contribution in [3.63, 3.8) is 0 Å². The molecule has 0 bridgehead atoms. The van der Waals surface area contributed by atoms with Gasteiger partial charge in [0.1, 0.15) is 0 Å². The maximum Gasteiger partial charge on any atom is 0.223 e. The van der Waals surface area contributed by atoms with E-state index < -0.39 is 0 Å². The van der Waals surface area contributed by atoms with E-state index in [4.69, 9.17) is 0 Å². The molecule has 0 spiro atoms. The standard InChI is InChI=1S/C8H15NO.C2H6/c1-2-3-6-9-8(10)7-4-5-7;1-2/h7H,2-6H2,1H3,(H,9,10);1-2H3. The maximum atomic E-state index is 11.0. The highest BCUT2D eigenvalue weighted by atomic mass is 16.2. The summed E-state index contributed by atoms with van der Waals surface area (Å²) in [5.74, 6) is 0.644. The first-order chi connectivity index (χ1) is 5.84. The van der Waals surface area contributed by atoms with Gasteiger partial charge in [-0.3, -0.25) is 4.79 Å². The van der Waals surface area contributed by atoms with Crippen LogP contribution < -0.4 is 5.32 Å². The highest BCUT2D eigenvalue weighted by molar-refractivity contribution is 5.80. The van der Waals surface area contributed by atoms with E-state index in [0.29, 0.717) is 5.92 Å². The van der Waals surface area contributed by atoms with Gasteiger partial charge in [0, 0.05) is 12.5 Å². The van der Waals surface area contributed by atoms with Gasteiger partial charge in [-0.25, -0.2) is 0 Å². The third-order valence-corrected chi connectivity index (χ3v) is 1.78. The summed E-state index contributed by atoms with van der Waals surface area (Å²) in [6.07, 6.45) is 4.49. The van der Waals surface area contributed by atoms with Gasteiger partial charge in [-0.15, -0.1) is 0 Å². The van der Waals surface area contributed by atoms with Crippen LogP contribution >= 0.6 is 0 Å². The zero-order valence-corrected chi connectivity index (χ0v) is 8.52. The lowest BCUT2D eigenvalue weighted by Gasteiger charge is -2.00. The number of carbonyl (C=O) groups excluding carboxylic acids is 1. The zero-order chi connectivity index (χ0) is 9.40. The molecule has 2 heteroatoms. The fraction of sp³-hybridized carbons (Fsp3) is 0.900. The summed E-state index contributed by atoms with van der Waals surface area (Å²) in [6, 6.07) is 0. The van der Waals surface area contributed by atoms with E-state index >= 15 is 0 Å². The van der Waals surface area contributed by atoms with E-state index in [-0.39, 0.29) is 5.91 Å². The van der Waals surface area contributed by atoms with Crippen molar-refractivity contribution >= 4 is 5.91 Å². The van der Waals surface area contributed by atoms with E-state index in [1.54, 1.807) is 0 Å². The lowest BCUT2D eigenvalue weighted by atomic mass is 10.3. The molecule has 0 radical (unpaired) electrons. The predicted molar refractivity (Wildman–Crippen MR) is 52.0 cm³/mol. The van der Waals surface area contributed by atoms with E-state index in [0.717, 1.165) is 32.2 Å². The molecule has 12 heavy (non-hydrogen) atoms. The number of amides is 1. The topological polar surface area (TPSA) is 29.1 Å². The maximum absolute atomic E-state index is 11.0. The lowest BCUT2D eigenvalue weighted by molar-refractivity contribution is -0.122. The van der Waals surface area contributed by atoms with Crippen molar-refractivity contribution in [3.8, 4) is 0 Å². The van der Waals surface area contributed by atoms with Crippen LogP contribution in [0, 0.1) is 5.92 Å². The number of rotatable bonds is 4. The average Bonchev–Trinajstić information content (AvgIpc) is 2.91. The largest absolute Gasteiger partial charge is 0.356 e. The van der Waals surface area contributed by atoms with Crippen LogP contribution in [0.2, 0.25) is 0 Å². The highest BCUT2D eigenvalue weighted by Gasteiger charge is 2.28. The highest BCUT2D eigenvalue weighted by Crippen LogP contribution is 2.28. The predicted octanol–water partition coefficient (Wildman–Crippen LogP) is 2.34. The molecule has 0 saturated heterocycles. The average molecular weight is 171 g/mol. The van der Waals surface area contributed by atoms with E-state index in [1.165, 1.54) is 0 Å². The fourth-order valence-electron chi connectivity index (χ4n) is 0.878. The smallest absolute Gasteiger partial charge is 0.223 e. The van der Waals surface area contributed by atoms with E-state index in [9.17, 15) is 4.79 Å². The van der Waals surface area contributed by atoms with Gasteiger partial charge in [-0.05, 0) is 19.3 Å². The first-order valence-electron chi connectivity index (χ1n) is 5.12. The molecule has 1 fully saturated rings. The van der Waals surface area contributed by atoms with Gasteiger partial charge in [0.05, 0.1) is 0 Å². The van der Waals surface area contributed by atoms with Crippen LogP contribution in [0.3, 0.4) is 0 Å². The quantitative estimate of drug-likeness (QED) is 0.646. The summed E-state index contributed by atoms with van der Waals surface area (Å²) in [5.41, 5.74) is 0. The molecule has 0 aromatic heterocycles. The normalized spacial score (nSPS) is 14.6. The van der Waals surface area contributed by atoms with Crippen molar-refractivity contribution in [1.82, 2.24) is 5.32 Å². The third kappa shape index (κ3) is 5.16.